The van der Waals surface area contributed by atoms with Gasteiger partial charge in [0.05, 0.1) is 5.88 Å². The van der Waals surface area contributed by atoms with E-state index in [4.69, 9.17) is 0 Å². The Bertz CT molecular complexity index is 695. The number of thioether (sulfide) groups is 1. The fourth-order valence-electron chi connectivity index (χ4n) is 2.44. The van der Waals surface area contributed by atoms with Crippen molar-refractivity contribution in [3.05, 3.63) is 60.2 Å². The van der Waals surface area contributed by atoms with E-state index in [1.807, 2.05) is 11.8 Å². The second kappa shape index (κ2) is 5.14. The molecule has 1 aromatic heterocycles. The van der Waals surface area contributed by atoms with Crippen molar-refractivity contribution in [2.45, 2.75) is 12.8 Å². The van der Waals surface area contributed by atoms with Crippen LogP contribution in [-0.2, 0) is 5.88 Å². The molecule has 0 aliphatic carbocycles. The monoisotopic (exact) mass is 267 g/mol. The molecule has 0 amide bonds. The number of aryl methyl sites for hydroxylation is 1. The van der Waals surface area contributed by atoms with Crippen LogP contribution in [-0.4, -0.2) is 10.8 Å². The van der Waals surface area contributed by atoms with Crippen LogP contribution in [0.1, 0.15) is 5.56 Å². The molecule has 0 saturated heterocycles. The SMILES string of the molecule is CSCn1c(-c2ccc(C)cc2)cc2ccccc21. The number of hydrogen-bond donors (Lipinski definition) is 0. The number of para-hydroxylation sites is 1. The first-order valence-electron chi connectivity index (χ1n) is 6.44. The summed E-state index contributed by atoms with van der Waals surface area (Å²) in [5.74, 6) is 0.983. The molecule has 0 saturated carbocycles. The van der Waals surface area contributed by atoms with Crippen LogP contribution in [0.5, 0.6) is 0 Å². The normalized spacial score (nSPS) is 11.1. The fraction of sp³-hybridized carbons (Fsp3) is 0.176. The van der Waals surface area contributed by atoms with Crippen molar-refractivity contribution in [1.29, 1.82) is 0 Å². The summed E-state index contributed by atoms with van der Waals surface area (Å²) in [4.78, 5) is 0. The van der Waals surface area contributed by atoms with E-state index in [0.717, 1.165) is 5.88 Å². The predicted octanol–water partition coefficient (Wildman–Crippen LogP) is 4.94. The first-order valence-corrected chi connectivity index (χ1v) is 7.83. The van der Waals surface area contributed by atoms with Crippen molar-refractivity contribution in [2.75, 3.05) is 6.26 Å². The van der Waals surface area contributed by atoms with Crippen molar-refractivity contribution in [3.63, 3.8) is 0 Å². The number of benzene rings is 2. The molecule has 3 aromatic rings. The third-order valence-corrected chi connectivity index (χ3v) is 3.93. The Kier molecular flexibility index (Phi) is 3.34. The van der Waals surface area contributed by atoms with Gasteiger partial charge in [0.2, 0.25) is 0 Å². The highest BCUT2D eigenvalue weighted by Gasteiger charge is 2.09. The maximum Gasteiger partial charge on any atom is 0.0686 e. The van der Waals surface area contributed by atoms with Gasteiger partial charge in [0.15, 0.2) is 0 Å². The molecule has 0 aliphatic heterocycles. The van der Waals surface area contributed by atoms with Crippen LogP contribution in [0, 0.1) is 6.92 Å². The lowest BCUT2D eigenvalue weighted by molar-refractivity contribution is 0.953. The number of fused-ring (bicyclic) bond motifs is 1. The van der Waals surface area contributed by atoms with Gasteiger partial charge in [-0.25, -0.2) is 0 Å². The lowest BCUT2D eigenvalue weighted by Crippen LogP contribution is -1.96. The molecular formula is C17H17NS. The van der Waals surface area contributed by atoms with E-state index >= 15 is 0 Å². The van der Waals surface area contributed by atoms with Crippen LogP contribution in [0.15, 0.2) is 54.6 Å². The second-order valence-corrected chi connectivity index (χ2v) is 5.64. The largest absolute Gasteiger partial charge is 0.331 e. The maximum atomic E-state index is 2.39. The topological polar surface area (TPSA) is 4.93 Å². The molecule has 0 atom stereocenters. The van der Waals surface area contributed by atoms with Crippen molar-refractivity contribution in [1.82, 2.24) is 4.57 Å². The third-order valence-electron chi connectivity index (χ3n) is 3.42. The average Bonchev–Trinajstić information content (AvgIpc) is 2.79. The minimum Gasteiger partial charge on any atom is -0.331 e. The molecule has 0 spiro atoms. The van der Waals surface area contributed by atoms with Gasteiger partial charge in [0, 0.05) is 16.6 Å². The molecule has 0 fully saturated rings. The molecule has 0 bridgehead atoms. The molecule has 0 aliphatic rings. The zero-order chi connectivity index (χ0) is 13.2. The van der Waals surface area contributed by atoms with E-state index < -0.39 is 0 Å². The van der Waals surface area contributed by atoms with Gasteiger partial charge in [0.25, 0.3) is 0 Å². The second-order valence-electron chi connectivity index (χ2n) is 4.80. The van der Waals surface area contributed by atoms with Gasteiger partial charge in [-0.1, -0.05) is 48.0 Å². The highest BCUT2D eigenvalue weighted by molar-refractivity contribution is 7.97. The zero-order valence-electron chi connectivity index (χ0n) is 11.3. The Morgan fingerprint density at radius 1 is 1.00 bits per heavy atom. The third kappa shape index (κ3) is 2.28. The molecule has 2 aromatic carbocycles. The van der Waals surface area contributed by atoms with E-state index in [0.29, 0.717) is 0 Å². The number of rotatable bonds is 3. The predicted molar refractivity (Wildman–Crippen MR) is 85.6 cm³/mol. The van der Waals surface area contributed by atoms with Gasteiger partial charge in [-0.3, -0.25) is 0 Å². The molecular weight excluding hydrogens is 250 g/mol. The first-order chi connectivity index (χ1) is 9.29. The fourth-order valence-corrected chi connectivity index (χ4v) is 2.98. The van der Waals surface area contributed by atoms with Crippen LogP contribution in [0.25, 0.3) is 22.2 Å². The van der Waals surface area contributed by atoms with E-state index in [1.54, 1.807) is 0 Å². The molecule has 1 nitrogen and oxygen atoms in total. The summed E-state index contributed by atoms with van der Waals surface area (Å²) in [7, 11) is 0. The lowest BCUT2D eigenvalue weighted by Gasteiger charge is -2.09. The van der Waals surface area contributed by atoms with E-state index in [-0.39, 0.29) is 0 Å². The average molecular weight is 267 g/mol. The highest BCUT2D eigenvalue weighted by atomic mass is 32.2. The smallest absolute Gasteiger partial charge is 0.0686 e. The van der Waals surface area contributed by atoms with Crippen LogP contribution in [0.2, 0.25) is 0 Å². The summed E-state index contributed by atoms with van der Waals surface area (Å²) in [5, 5.41) is 1.31. The maximum absolute atomic E-state index is 2.39. The standard InChI is InChI=1S/C17H17NS/c1-13-7-9-14(10-8-13)17-11-15-5-3-4-6-16(15)18(17)12-19-2/h3-11H,12H2,1-2H3. The molecule has 0 unspecified atom stereocenters. The van der Waals surface area contributed by atoms with Gasteiger partial charge in [-0.05, 0) is 30.9 Å². The zero-order valence-corrected chi connectivity index (χ0v) is 12.1. The molecule has 0 radical (unpaired) electrons. The van der Waals surface area contributed by atoms with Gasteiger partial charge < -0.3 is 4.57 Å². The minimum atomic E-state index is 0.983. The molecule has 0 N–H and O–H groups in total. The van der Waals surface area contributed by atoms with Crippen LogP contribution >= 0.6 is 11.8 Å². The summed E-state index contributed by atoms with van der Waals surface area (Å²) >= 11 is 1.85. The van der Waals surface area contributed by atoms with Gasteiger partial charge in [-0.2, -0.15) is 0 Å². The van der Waals surface area contributed by atoms with Crippen molar-refractivity contribution in [2.24, 2.45) is 0 Å². The summed E-state index contributed by atoms with van der Waals surface area (Å²) in [6.45, 7) is 2.13. The Labute approximate surface area is 118 Å². The molecule has 1 heterocycles. The lowest BCUT2D eigenvalue weighted by atomic mass is 10.1. The van der Waals surface area contributed by atoms with Crippen LogP contribution in [0.3, 0.4) is 0 Å². The number of nitrogens with zero attached hydrogens (tertiary/aromatic N) is 1. The minimum absolute atomic E-state index is 0.983. The summed E-state index contributed by atoms with van der Waals surface area (Å²) in [6, 6.07) is 19.7. The van der Waals surface area contributed by atoms with Crippen molar-refractivity contribution < 1.29 is 0 Å². The van der Waals surface area contributed by atoms with Gasteiger partial charge >= 0.3 is 0 Å². The van der Waals surface area contributed by atoms with E-state index in [9.17, 15) is 0 Å². The Morgan fingerprint density at radius 2 is 1.74 bits per heavy atom. The highest BCUT2D eigenvalue weighted by Crippen LogP contribution is 2.29. The Hall–Kier alpha value is -1.67. The summed E-state index contributed by atoms with van der Waals surface area (Å²) < 4.78 is 2.39. The molecule has 96 valence electrons. The molecule has 2 heteroatoms. The van der Waals surface area contributed by atoms with E-state index in [1.165, 1.54) is 27.7 Å². The summed E-state index contributed by atoms with van der Waals surface area (Å²) in [6.07, 6.45) is 2.15. The Morgan fingerprint density at radius 3 is 2.47 bits per heavy atom. The quantitative estimate of drug-likeness (QED) is 0.651. The first kappa shape index (κ1) is 12.4. The number of aromatic nitrogens is 1. The molecule has 3 rings (SSSR count). The summed E-state index contributed by atoms with van der Waals surface area (Å²) in [5.41, 5.74) is 5.20. The van der Waals surface area contributed by atoms with Crippen molar-refractivity contribution >= 4 is 22.7 Å². The van der Waals surface area contributed by atoms with E-state index in [2.05, 4.69) is 72.3 Å². The Balaban J connectivity index is 2.21. The van der Waals surface area contributed by atoms with Gasteiger partial charge in [-0.15, -0.1) is 11.8 Å². The van der Waals surface area contributed by atoms with Gasteiger partial charge in [0.1, 0.15) is 0 Å². The molecule has 19 heavy (non-hydrogen) atoms. The van der Waals surface area contributed by atoms with Crippen molar-refractivity contribution in [3.8, 4) is 11.3 Å². The van der Waals surface area contributed by atoms with Crippen LogP contribution < -0.4 is 0 Å². The van der Waals surface area contributed by atoms with Crippen LogP contribution in [0.4, 0.5) is 0 Å². The number of hydrogen-bond acceptors (Lipinski definition) is 1.